The molecule has 0 aromatic heterocycles. The van der Waals surface area contributed by atoms with Crippen molar-refractivity contribution in [2.45, 2.75) is 0 Å². The van der Waals surface area contributed by atoms with E-state index >= 15 is 0 Å². The van der Waals surface area contributed by atoms with Crippen molar-refractivity contribution >= 4 is 28.9 Å². The molecular weight excluding hydrogens is 300 g/mol. The zero-order valence-corrected chi connectivity index (χ0v) is 13.5. The van der Waals surface area contributed by atoms with Crippen molar-refractivity contribution in [2.24, 2.45) is 0 Å². The van der Waals surface area contributed by atoms with E-state index in [1.54, 1.807) is 18.2 Å². The normalized spacial score (nSPS) is 9.58. The Bertz CT molecular complexity index is 596. The predicted molar refractivity (Wildman–Crippen MR) is 70.7 cm³/mol. The molecule has 0 atom stereocenters. The Labute approximate surface area is 143 Å². The van der Waals surface area contributed by atoms with Gasteiger partial charge in [0.1, 0.15) is 11.5 Å². The van der Waals surface area contributed by atoms with Crippen molar-refractivity contribution < 1.29 is 40.6 Å². The Morgan fingerprint density at radius 2 is 1.74 bits per heavy atom. The van der Waals surface area contributed by atoms with E-state index in [2.05, 4.69) is 0 Å². The molecule has 0 unspecified atom stereocenters. The molecule has 7 heteroatoms. The molecule has 19 heavy (non-hydrogen) atoms. The molecule has 0 aliphatic carbocycles. The van der Waals surface area contributed by atoms with E-state index in [4.69, 9.17) is 27.9 Å². The van der Waals surface area contributed by atoms with E-state index in [0.717, 1.165) is 0 Å². The molecule has 0 spiro atoms. The summed E-state index contributed by atoms with van der Waals surface area (Å²) in [5.41, 5.74) is 0.00422. The first kappa shape index (κ1) is 16.3. The van der Waals surface area contributed by atoms with Crippen molar-refractivity contribution in [2.75, 3.05) is 0 Å². The number of nitrogens with zero attached hydrogens (tertiary/aromatic N) is 1. The van der Waals surface area contributed by atoms with E-state index in [1.807, 2.05) is 0 Å². The molecule has 2 rings (SSSR count). The second-order valence-corrected chi connectivity index (χ2v) is 4.27. The molecule has 4 nitrogen and oxygen atoms in total. The molecule has 94 valence electrons. The molecule has 0 amide bonds. The third-order valence-corrected chi connectivity index (χ3v) is 2.70. The van der Waals surface area contributed by atoms with Gasteiger partial charge in [0.25, 0.3) is 5.69 Å². The van der Waals surface area contributed by atoms with Gasteiger partial charge < -0.3 is 6.16 Å². The summed E-state index contributed by atoms with van der Waals surface area (Å²) in [5.74, 6) is 0.903. The Hall–Kier alpha value is -0.780. The zero-order valence-electron chi connectivity index (χ0n) is 11.0. The maximum absolute atomic E-state index is 10.5. The minimum atomic E-state index is -0.473. The van der Waals surface area contributed by atoms with Gasteiger partial charge in [0.2, 0.25) is 0 Å². The van der Waals surface area contributed by atoms with Crippen LogP contribution in [-0.4, -0.2) is 4.92 Å². The van der Waals surface area contributed by atoms with Crippen molar-refractivity contribution in [1.29, 1.82) is 0 Å². The zero-order chi connectivity index (χ0) is 13.1. The first-order valence-corrected chi connectivity index (χ1v) is 5.69. The number of hydrogen-bond donors (Lipinski definition) is 0. The van der Waals surface area contributed by atoms with Gasteiger partial charge in [-0.1, -0.05) is 23.2 Å². The van der Waals surface area contributed by atoms with E-state index in [0.29, 0.717) is 21.5 Å². The quantitative estimate of drug-likeness (QED) is 0.494. The number of benzene rings is 2. The van der Waals surface area contributed by atoms with Gasteiger partial charge in [-0.15, -0.1) is 0 Å². The van der Waals surface area contributed by atoms with Crippen LogP contribution in [0.2, 0.25) is 10.0 Å². The number of nitro groups is 1. The monoisotopic (exact) mass is 307 g/mol. The first-order chi connectivity index (χ1) is 8.56. The average Bonchev–Trinajstić information content (AvgIpc) is 2.33. The summed E-state index contributed by atoms with van der Waals surface area (Å²) >= 11 is 11.7. The fourth-order valence-corrected chi connectivity index (χ4v) is 1.77. The van der Waals surface area contributed by atoms with Crippen molar-refractivity contribution in [3.05, 3.63) is 62.6 Å². The SMILES string of the molecule is O=[N+]([O-])c1ccc(Oc2ccc(Cl)cc2Cl)cc1.[H-].[Na+]. The van der Waals surface area contributed by atoms with E-state index in [1.165, 1.54) is 24.3 Å². The molecule has 0 aliphatic rings. The van der Waals surface area contributed by atoms with Crippen LogP contribution in [-0.2, 0) is 0 Å². The summed E-state index contributed by atoms with van der Waals surface area (Å²) in [6.45, 7) is 0. The molecule has 0 heterocycles. The van der Waals surface area contributed by atoms with Gasteiger partial charge in [-0.25, -0.2) is 0 Å². The largest absolute Gasteiger partial charge is 1.00 e. The molecule has 0 N–H and O–H groups in total. The van der Waals surface area contributed by atoms with Gasteiger partial charge >= 0.3 is 29.6 Å². The molecular formula is C12H8Cl2NNaO3. The second kappa shape index (κ2) is 7.12. The molecule has 0 saturated carbocycles. The van der Waals surface area contributed by atoms with Gasteiger partial charge in [-0.3, -0.25) is 10.1 Å². The Balaban J connectivity index is 0.00000180. The molecule has 2 aromatic rings. The third kappa shape index (κ3) is 4.37. The summed E-state index contributed by atoms with van der Waals surface area (Å²) in [5, 5.41) is 11.4. The molecule has 2 aromatic carbocycles. The van der Waals surface area contributed by atoms with Crippen LogP contribution in [0.25, 0.3) is 0 Å². The van der Waals surface area contributed by atoms with Crippen LogP contribution in [0.1, 0.15) is 1.43 Å². The van der Waals surface area contributed by atoms with Crippen molar-refractivity contribution in [3.63, 3.8) is 0 Å². The smallest absolute Gasteiger partial charge is 1.00 e. The van der Waals surface area contributed by atoms with Crippen LogP contribution in [0.15, 0.2) is 42.5 Å². The molecule has 0 saturated heterocycles. The van der Waals surface area contributed by atoms with Gasteiger partial charge in [0.15, 0.2) is 0 Å². The summed E-state index contributed by atoms with van der Waals surface area (Å²) in [4.78, 5) is 10.0. The molecule has 0 aliphatic heterocycles. The van der Waals surface area contributed by atoms with E-state index in [-0.39, 0.29) is 36.7 Å². The van der Waals surface area contributed by atoms with Crippen LogP contribution in [0, 0.1) is 10.1 Å². The summed E-state index contributed by atoms with van der Waals surface area (Å²) in [7, 11) is 0. The molecule has 0 fully saturated rings. The number of ether oxygens (including phenoxy) is 1. The predicted octanol–water partition coefficient (Wildman–Crippen LogP) is 1.81. The van der Waals surface area contributed by atoms with Crippen LogP contribution < -0.4 is 34.3 Å². The maximum atomic E-state index is 10.5. The first-order valence-electron chi connectivity index (χ1n) is 4.93. The summed E-state index contributed by atoms with van der Waals surface area (Å²) in [6.07, 6.45) is 0. The van der Waals surface area contributed by atoms with Crippen molar-refractivity contribution in [3.8, 4) is 11.5 Å². The Kier molecular flexibility index (Phi) is 6.10. The standard InChI is InChI=1S/C12H7Cl2NO3.Na.H/c13-8-1-6-12(11(14)7-8)18-10-4-2-9(3-5-10)15(16)17;;/h1-7H;;/q;+1;-1. The fraction of sp³-hybridized carbons (Fsp3) is 0. The van der Waals surface area contributed by atoms with E-state index < -0.39 is 4.92 Å². The number of hydrogen-bond acceptors (Lipinski definition) is 3. The Morgan fingerprint density at radius 1 is 1.11 bits per heavy atom. The van der Waals surface area contributed by atoms with Gasteiger partial charge in [-0.05, 0) is 30.3 Å². The Morgan fingerprint density at radius 3 is 2.26 bits per heavy atom. The maximum Gasteiger partial charge on any atom is 1.00 e. The minimum absolute atomic E-state index is 0. The minimum Gasteiger partial charge on any atom is -1.00 e. The number of nitro benzene ring substituents is 1. The van der Waals surface area contributed by atoms with Gasteiger partial charge in [0.05, 0.1) is 9.95 Å². The van der Waals surface area contributed by atoms with Crippen LogP contribution in [0.5, 0.6) is 11.5 Å². The van der Waals surface area contributed by atoms with Gasteiger partial charge in [0, 0.05) is 17.2 Å². The third-order valence-electron chi connectivity index (χ3n) is 2.17. The topological polar surface area (TPSA) is 52.4 Å². The molecule has 0 bridgehead atoms. The number of rotatable bonds is 3. The summed E-state index contributed by atoms with van der Waals surface area (Å²) in [6, 6.07) is 10.6. The van der Waals surface area contributed by atoms with Crippen molar-refractivity contribution in [1.82, 2.24) is 0 Å². The van der Waals surface area contributed by atoms with Crippen LogP contribution in [0.3, 0.4) is 0 Å². The fourth-order valence-electron chi connectivity index (χ4n) is 1.32. The van der Waals surface area contributed by atoms with Gasteiger partial charge in [-0.2, -0.15) is 0 Å². The number of non-ortho nitro benzene ring substituents is 1. The second-order valence-electron chi connectivity index (χ2n) is 3.43. The number of halogens is 2. The van der Waals surface area contributed by atoms with E-state index in [9.17, 15) is 10.1 Å². The average molecular weight is 308 g/mol. The summed E-state index contributed by atoms with van der Waals surface area (Å²) < 4.78 is 5.49. The van der Waals surface area contributed by atoms with Crippen LogP contribution in [0.4, 0.5) is 5.69 Å². The van der Waals surface area contributed by atoms with Crippen LogP contribution >= 0.6 is 23.2 Å². The molecule has 0 radical (unpaired) electrons.